The Hall–Kier alpha value is -6.30. The van der Waals surface area contributed by atoms with Crippen LogP contribution in [0.1, 0.15) is 101 Å². The molecule has 0 atom stereocenters. The SMILES string of the molecule is C/C=C\c1c(/C=C/C2=C=C=C3C(=C2)C(C)(C)C2=C3C=CCC2)c2cc(-c3ccccc3)ccc2n1-c1ccc2c(c1)C(C)(C)c1ccc3c4c(oc3c1-2)C=CCC4.CC. The predicted molar refractivity (Wildman–Crippen MR) is 250 cm³/mol. The van der Waals surface area contributed by atoms with Gasteiger partial charge in [0, 0.05) is 55.1 Å². The van der Waals surface area contributed by atoms with E-state index in [1.54, 1.807) is 0 Å². The molecular weight excluding hydrogens is 715 g/mol. The van der Waals surface area contributed by atoms with Crippen molar-refractivity contribution in [3.8, 4) is 27.9 Å². The average Bonchev–Trinajstić information content (AvgIpc) is 3.94. The molecule has 11 rings (SSSR count). The molecule has 5 aliphatic carbocycles. The van der Waals surface area contributed by atoms with Crippen LogP contribution >= 0.6 is 0 Å². The fourth-order valence-electron chi connectivity index (χ4n) is 10.4. The minimum Gasteiger partial charge on any atom is -0.456 e. The molecule has 0 saturated carbocycles. The maximum absolute atomic E-state index is 6.66. The van der Waals surface area contributed by atoms with Crippen LogP contribution < -0.4 is 0 Å². The van der Waals surface area contributed by atoms with Crippen molar-refractivity contribution in [3.05, 3.63) is 188 Å². The van der Waals surface area contributed by atoms with Gasteiger partial charge in [-0.05, 0) is 120 Å². The van der Waals surface area contributed by atoms with Crippen molar-refractivity contribution in [1.82, 2.24) is 4.57 Å². The van der Waals surface area contributed by atoms with Crippen LogP contribution in [0.5, 0.6) is 0 Å². The standard InChI is InChI=1S/C55H45NO.C2H6/c1-6-14-49-40(26-22-34-21-25-39-38-17-10-12-19-45(38)54(2,3)47(39)31-34)44-32-36(35-15-8-7-9-16-35)23-30-50(44)56(49)37-24-27-43-48(33-37)55(4,5)46-29-28-42-41-18-11-13-20-51(41)57-53(42)52(43)46;1-2/h6-10,13-17,20,22-24,26-33H,11-12,18-19H2,1-5H3;1-2H3/b14-6-,26-22+;. The Labute approximate surface area is 349 Å². The average molecular weight is 766 g/mol. The Morgan fingerprint density at radius 2 is 1.54 bits per heavy atom. The van der Waals surface area contributed by atoms with Gasteiger partial charge in [0.2, 0.25) is 0 Å². The number of nitrogens with zero attached hydrogens (tertiary/aromatic N) is 1. The van der Waals surface area contributed by atoms with Crippen molar-refractivity contribution in [2.24, 2.45) is 5.41 Å². The number of benzene rings is 4. The van der Waals surface area contributed by atoms with Crippen LogP contribution in [0.3, 0.4) is 0 Å². The van der Waals surface area contributed by atoms with Gasteiger partial charge in [0.25, 0.3) is 0 Å². The third kappa shape index (κ3) is 5.55. The number of fused-ring (bicyclic) bond motifs is 10. The second-order valence-corrected chi connectivity index (χ2v) is 17.3. The van der Waals surface area contributed by atoms with Gasteiger partial charge in [-0.2, -0.15) is 0 Å². The zero-order valence-corrected chi connectivity index (χ0v) is 35.4. The van der Waals surface area contributed by atoms with Crippen molar-refractivity contribution >= 4 is 40.1 Å². The van der Waals surface area contributed by atoms with Gasteiger partial charge in [0.05, 0.1) is 11.2 Å². The molecule has 2 nitrogen and oxygen atoms in total. The van der Waals surface area contributed by atoms with Gasteiger partial charge >= 0.3 is 0 Å². The lowest BCUT2D eigenvalue weighted by Gasteiger charge is -2.26. The van der Waals surface area contributed by atoms with Gasteiger partial charge in [-0.15, -0.1) is 0 Å². The van der Waals surface area contributed by atoms with Gasteiger partial charge in [-0.1, -0.05) is 144 Å². The molecule has 290 valence electrons. The molecule has 4 aromatic carbocycles. The molecule has 2 heteroatoms. The Morgan fingerprint density at radius 3 is 2.37 bits per heavy atom. The fourth-order valence-corrected chi connectivity index (χ4v) is 10.4. The van der Waals surface area contributed by atoms with E-state index >= 15 is 0 Å². The Morgan fingerprint density at radius 1 is 0.729 bits per heavy atom. The number of hydrogen-bond acceptors (Lipinski definition) is 1. The van der Waals surface area contributed by atoms with Crippen LogP contribution in [0, 0.1) is 5.41 Å². The van der Waals surface area contributed by atoms with Crippen molar-refractivity contribution in [3.63, 3.8) is 0 Å². The van der Waals surface area contributed by atoms with E-state index in [2.05, 4.69) is 184 Å². The van der Waals surface area contributed by atoms with E-state index < -0.39 is 0 Å². The van der Waals surface area contributed by atoms with Crippen LogP contribution in [-0.2, 0) is 11.8 Å². The molecule has 0 N–H and O–H groups in total. The monoisotopic (exact) mass is 765 g/mol. The molecule has 2 heterocycles. The third-order valence-corrected chi connectivity index (χ3v) is 13.4. The lowest BCUT2D eigenvalue weighted by atomic mass is 9.77. The largest absolute Gasteiger partial charge is 0.456 e. The van der Waals surface area contributed by atoms with Gasteiger partial charge in [-0.25, -0.2) is 0 Å². The van der Waals surface area contributed by atoms with Gasteiger partial charge < -0.3 is 8.98 Å². The third-order valence-electron chi connectivity index (χ3n) is 13.4. The summed E-state index contributed by atoms with van der Waals surface area (Å²) >= 11 is 0. The quantitative estimate of drug-likeness (QED) is 0.160. The van der Waals surface area contributed by atoms with Crippen LogP contribution in [0.15, 0.2) is 159 Å². The molecule has 0 fully saturated rings. The highest BCUT2D eigenvalue weighted by Crippen LogP contribution is 2.55. The molecule has 0 saturated heterocycles. The fraction of sp³-hybridized carbons (Fsp3) is 0.228. The molecule has 2 aromatic heterocycles. The smallest absolute Gasteiger partial charge is 0.143 e. The molecule has 0 unspecified atom stereocenters. The Bertz CT molecular complexity index is 3070. The molecule has 0 amide bonds. The molecule has 0 bridgehead atoms. The zero-order chi connectivity index (χ0) is 40.6. The van der Waals surface area contributed by atoms with Gasteiger partial charge in [0.1, 0.15) is 11.3 Å². The van der Waals surface area contributed by atoms with Crippen molar-refractivity contribution < 1.29 is 4.42 Å². The van der Waals surface area contributed by atoms with E-state index in [0.717, 1.165) is 54.0 Å². The minimum absolute atomic E-state index is 0.0134. The van der Waals surface area contributed by atoms with E-state index in [0.29, 0.717) is 0 Å². The maximum Gasteiger partial charge on any atom is 0.143 e. The summed E-state index contributed by atoms with van der Waals surface area (Å²) in [7, 11) is 0. The highest BCUT2D eigenvalue weighted by atomic mass is 16.3. The lowest BCUT2D eigenvalue weighted by Crippen LogP contribution is -2.15. The van der Waals surface area contributed by atoms with E-state index in [1.807, 2.05) is 13.8 Å². The minimum atomic E-state index is -0.192. The molecule has 59 heavy (non-hydrogen) atoms. The van der Waals surface area contributed by atoms with Crippen LogP contribution in [0.25, 0.3) is 68.0 Å². The summed E-state index contributed by atoms with van der Waals surface area (Å²) in [5.41, 5.74) is 28.1. The highest BCUT2D eigenvalue weighted by molar-refractivity contribution is 6.03. The summed E-state index contributed by atoms with van der Waals surface area (Å²) in [6.07, 6.45) is 24.6. The maximum atomic E-state index is 6.66. The molecular formula is C57H51NO. The summed E-state index contributed by atoms with van der Waals surface area (Å²) in [4.78, 5) is 0. The van der Waals surface area contributed by atoms with Gasteiger partial charge in [0.15, 0.2) is 0 Å². The lowest BCUT2D eigenvalue weighted by molar-refractivity contribution is 0.538. The van der Waals surface area contributed by atoms with Crippen molar-refractivity contribution in [2.75, 3.05) is 0 Å². The van der Waals surface area contributed by atoms with Crippen LogP contribution in [-0.4, -0.2) is 4.57 Å². The van der Waals surface area contributed by atoms with E-state index in [1.165, 1.54) is 83.1 Å². The summed E-state index contributed by atoms with van der Waals surface area (Å²) < 4.78 is 9.12. The number of allylic oxidation sites excluding steroid dienone is 11. The van der Waals surface area contributed by atoms with E-state index in [-0.39, 0.29) is 10.8 Å². The summed E-state index contributed by atoms with van der Waals surface area (Å²) in [6, 6.07) is 29.4. The molecule has 0 aliphatic heterocycles. The van der Waals surface area contributed by atoms with Crippen molar-refractivity contribution in [1.29, 1.82) is 0 Å². The number of aryl methyl sites for hydroxylation is 1. The normalized spacial score (nSPS) is 17.8. The van der Waals surface area contributed by atoms with E-state index in [9.17, 15) is 0 Å². The number of hydrogen-bond donors (Lipinski definition) is 0. The van der Waals surface area contributed by atoms with Crippen molar-refractivity contribution in [2.45, 2.75) is 79.6 Å². The Balaban J connectivity index is 0.00000207. The summed E-state index contributed by atoms with van der Waals surface area (Å²) in [5.74, 6) is 1.02. The molecule has 0 radical (unpaired) electrons. The summed E-state index contributed by atoms with van der Waals surface area (Å²) in [6.45, 7) is 15.6. The topological polar surface area (TPSA) is 18.1 Å². The molecule has 0 spiro atoms. The van der Waals surface area contributed by atoms with Gasteiger partial charge in [-0.3, -0.25) is 0 Å². The van der Waals surface area contributed by atoms with Crippen LogP contribution in [0.4, 0.5) is 0 Å². The first kappa shape index (κ1) is 37.0. The van der Waals surface area contributed by atoms with Crippen LogP contribution in [0.2, 0.25) is 0 Å². The Kier molecular flexibility index (Phi) is 8.73. The first-order valence-corrected chi connectivity index (χ1v) is 21.6. The first-order valence-electron chi connectivity index (χ1n) is 21.6. The second kappa shape index (κ2) is 13.9. The molecule has 6 aromatic rings. The number of aromatic nitrogens is 1. The van der Waals surface area contributed by atoms with E-state index in [4.69, 9.17) is 4.42 Å². The number of rotatable bonds is 5. The predicted octanol–water partition coefficient (Wildman–Crippen LogP) is 15.6. The first-order chi connectivity index (χ1) is 28.7. The summed E-state index contributed by atoms with van der Waals surface area (Å²) in [5, 5.41) is 2.47. The second-order valence-electron chi connectivity index (χ2n) is 17.3. The zero-order valence-electron chi connectivity index (χ0n) is 35.4. The molecule has 5 aliphatic rings. The highest BCUT2D eigenvalue weighted by Gasteiger charge is 2.41. The number of furan rings is 1.